The molecule has 0 amide bonds. The molecule has 3 N–H and O–H groups in total. The zero-order chi connectivity index (χ0) is 33.7. The van der Waals surface area contributed by atoms with Gasteiger partial charge in [-0.2, -0.15) is 0 Å². The molecule has 0 unspecified atom stereocenters. The van der Waals surface area contributed by atoms with Crippen LogP contribution in [0, 0.1) is 0 Å². The maximum atomic E-state index is 12.9. The molecule has 1 aliphatic carbocycles. The Bertz CT molecular complexity index is 1610. The standard InChI is InChI=1S/C35H40O12/c1-18-30(38)31(43-6)32(45-19(2)36)33(44-18)46-25-14-21(12-13-24(25)41-4)35-23(20-10-8-7-9-11-20)17-28(37)34(35,39)29-26(42-5)15-22(40-3)16-27(29)47-35/h7-16,18,23,28,30-33,37-39H,17H2,1-6H3/t18-,23+,28-,30-,31+,32+,33+,34-,35+/m1/s1. The number of rotatable bonds is 9. The van der Waals surface area contributed by atoms with Crippen LogP contribution in [-0.2, 0) is 30.2 Å². The molecule has 0 bridgehead atoms. The van der Waals surface area contributed by atoms with E-state index in [1.165, 1.54) is 35.4 Å². The molecule has 0 spiro atoms. The molecule has 252 valence electrons. The number of ether oxygens (including phenoxy) is 8. The first-order valence-corrected chi connectivity index (χ1v) is 15.3. The first-order chi connectivity index (χ1) is 22.5. The second-order valence-electron chi connectivity index (χ2n) is 12.0. The van der Waals surface area contributed by atoms with Gasteiger partial charge in [0.25, 0.3) is 0 Å². The Kier molecular flexibility index (Phi) is 8.75. The van der Waals surface area contributed by atoms with Crippen molar-refractivity contribution in [3.05, 3.63) is 77.4 Å². The predicted molar refractivity (Wildman–Crippen MR) is 166 cm³/mol. The first-order valence-electron chi connectivity index (χ1n) is 15.3. The summed E-state index contributed by atoms with van der Waals surface area (Å²) in [6.07, 6.45) is -6.26. The van der Waals surface area contributed by atoms with Crippen molar-refractivity contribution in [1.29, 1.82) is 0 Å². The highest BCUT2D eigenvalue weighted by molar-refractivity contribution is 5.66. The second kappa shape index (κ2) is 12.5. The number of fused-ring (bicyclic) bond motifs is 3. The van der Waals surface area contributed by atoms with Crippen LogP contribution in [0.15, 0.2) is 60.7 Å². The molecular formula is C35H40O12. The quantitative estimate of drug-likeness (QED) is 0.291. The summed E-state index contributed by atoms with van der Waals surface area (Å²) >= 11 is 0. The van der Waals surface area contributed by atoms with Gasteiger partial charge in [0, 0.05) is 37.6 Å². The Hall–Kier alpha value is -4.07. The van der Waals surface area contributed by atoms with Gasteiger partial charge >= 0.3 is 5.97 Å². The summed E-state index contributed by atoms with van der Waals surface area (Å²) in [6.45, 7) is 2.89. The Morgan fingerprint density at radius 1 is 0.894 bits per heavy atom. The molecule has 12 nitrogen and oxygen atoms in total. The normalized spacial score (nSPS) is 32.5. The summed E-state index contributed by atoms with van der Waals surface area (Å²) in [4.78, 5) is 12.1. The lowest BCUT2D eigenvalue weighted by Gasteiger charge is -2.42. The van der Waals surface area contributed by atoms with Gasteiger partial charge in [-0.1, -0.05) is 36.4 Å². The fourth-order valence-electron chi connectivity index (χ4n) is 7.38. The van der Waals surface area contributed by atoms with Crippen molar-refractivity contribution >= 4 is 5.97 Å². The Labute approximate surface area is 272 Å². The molecule has 0 aromatic heterocycles. The Morgan fingerprint density at radius 3 is 2.26 bits per heavy atom. The molecule has 2 fully saturated rings. The fraction of sp³-hybridized carbons (Fsp3) is 0.457. The van der Waals surface area contributed by atoms with Crippen molar-refractivity contribution in [1.82, 2.24) is 0 Å². The number of hydrogen-bond acceptors (Lipinski definition) is 12. The van der Waals surface area contributed by atoms with Gasteiger partial charge < -0.3 is 53.2 Å². The van der Waals surface area contributed by atoms with Crippen LogP contribution in [-0.4, -0.2) is 86.5 Å². The SMILES string of the molecule is COc1cc(OC)c2c(c1)O[C@@]1(c3ccc(OC)c(O[C@@H]4O[C@H](C)[C@@H](O)[C@H](OC)[C@@H]4OC(C)=O)c3)[C@H](c3ccccc3)C[C@@H](O)[C@@]21O. The summed E-state index contributed by atoms with van der Waals surface area (Å²) in [5.74, 6) is 0.320. The number of carbonyl (C=O) groups is 1. The van der Waals surface area contributed by atoms with Crippen LogP contribution >= 0.6 is 0 Å². The summed E-state index contributed by atoms with van der Waals surface area (Å²) in [5.41, 5.74) is -2.01. The minimum atomic E-state index is -1.99. The van der Waals surface area contributed by atoms with E-state index in [9.17, 15) is 20.1 Å². The highest BCUT2D eigenvalue weighted by Gasteiger charge is 2.73. The third kappa shape index (κ3) is 5.06. The number of aliphatic hydroxyl groups excluding tert-OH is 2. The molecule has 47 heavy (non-hydrogen) atoms. The maximum Gasteiger partial charge on any atom is 0.303 e. The van der Waals surface area contributed by atoms with Crippen molar-refractivity contribution in [3.63, 3.8) is 0 Å². The third-order valence-corrected chi connectivity index (χ3v) is 9.52. The van der Waals surface area contributed by atoms with Crippen LogP contribution in [0.5, 0.6) is 28.7 Å². The van der Waals surface area contributed by atoms with E-state index in [1.54, 1.807) is 37.3 Å². The molecule has 0 radical (unpaired) electrons. The minimum Gasteiger partial charge on any atom is -0.496 e. The first kappa shape index (κ1) is 32.9. The molecule has 12 heteroatoms. The minimum absolute atomic E-state index is 0.155. The lowest BCUT2D eigenvalue weighted by molar-refractivity contribution is -0.278. The molecule has 9 atom stereocenters. The van der Waals surface area contributed by atoms with E-state index in [1.807, 2.05) is 30.3 Å². The molecule has 3 aliphatic rings. The number of esters is 1. The van der Waals surface area contributed by atoms with Gasteiger partial charge in [0.15, 0.2) is 28.8 Å². The van der Waals surface area contributed by atoms with Gasteiger partial charge in [-0.3, -0.25) is 4.79 Å². The maximum absolute atomic E-state index is 12.9. The number of methoxy groups -OCH3 is 4. The van der Waals surface area contributed by atoms with Crippen molar-refractivity contribution < 1.29 is 58.0 Å². The lowest BCUT2D eigenvalue weighted by Crippen LogP contribution is -2.60. The number of aliphatic hydroxyl groups is 3. The third-order valence-electron chi connectivity index (χ3n) is 9.52. The molecule has 3 aromatic rings. The lowest BCUT2D eigenvalue weighted by atomic mass is 9.71. The van der Waals surface area contributed by atoms with E-state index in [4.69, 9.17) is 37.9 Å². The van der Waals surface area contributed by atoms with Gasteiger partial charge in [-0.25, -0.2) is 0 Å². The van der Waals surface area contributed by atoms with Gasteiger partial charge in [0.2, 0.25) is 6.29 Å². The number of carbonyl (C=O) groups excluding carboxylic acids is 1. The monoisotopic (exact) mass is 652 g/mol. The zero-order valence-corrected chi connectivity index (χ0v) is 27.0. The Balaban J connectivity index is 1.53. The van der Waals surface area contributed by atoms with Crippen LogP contribution < -0.4 is 23.7 Å². The van der Waals surface area contributed by atoms with E-state index in [2.05, 4.69) is 0 Å². The molecule has 3 aromatic carbocycles. The van der Waals surface area contributed by atoms with Crippen molar-refractivity contribution in [2.24, 2.45) is 0 Å². The summed E-state index contributed by atoms with van der Waals surface area (Å²) in [5, 5.41) is 35.4. The highest BCUT2D eigenvalue weighted by Crippen LogP contribution is 2.69. The second-order valence-corrected chi connectivity index (χ2v) is 12.0. The van der Waals surface area contributed by atoms with Crippen LogP contribution in [0.25, 0.3) is 0 Å². The smallest absolute Gasteiger partial charge is 0.303 e. The molecule has 2 aliphatic heterocycles. The summed E-state index contributed by atoms with van der Waals surface area (Å²) < 4.78 is 47.2. The van der Waals surface area contributed by atoms with E-state index < -0.39 is 59.9 Å². The summed E-state index contributed by atoms with van der Waals surface area (Å²) in [6, 6.07) is 17.9. The largest absolute Gasteiger partial charge is 0.496 e. The average Bonchev–Trinajstić information content (AvgIpc) is 3.47. The van der Waals surface area contributed by atoms with Gasteiger partial charge in [0.05, 0.1) is 39.1 Å². The van der Waals surface area contributed by atoms with Crippen molar-refractivity contribution in [2.75, 3.05) is 28.4 Å². The molecule has 1 saturated carbocycles. The van der Waals surface area contributed by atoms with Crippen LogP contribution in [0.4, 0.5) is 0 Å². The van der Waals surface area contributed by atoms with E-state index in [0.717, 1.165) is 5.56 Å². The van der Waals surface area contributed by atoms with Crippen LogP contribution in [0.3, 0.4) is 0 Å². The van der Waals surface area contributed by atoms with Gasteiger partial charge in [-0.15, -0.1) is 0 Å². The highest BCUT2D eigenvalue weighted by atomic mass is 16.7. The average molecular weight is 653 g/mol. The topological polar surface area (TPSA) is 152 Å². The number of benzene rings is 3. The van der Waals surface area contributed by atoms with Gasteiger partial charge in [0.1, 0.15) is 29.5 Å². The Morgan fingerprint density at radius 2 is 1.62 bits per heavy atom. The predicted octanol–water partition coefficient (Wildman–Crippen LogP) is 3.17. The van der Waals surface area contributed by atoms with E-state index in [0.29, 0.717) is 28.4 Å². The number of hydrogen-bond donors (Lipinski definition) is 3. The van der Waals surface area contributed by atoms with Crippen LogP contribution in [0.1, 0.15) is 42.9 Å². The van der Waals surface area contributed by atoms with Crippen LogP contribution in [0.2, 0.25) is 0 Å². The molecule has 6 rings (SSSR count). The van der Waals surface area contributed by atoms with E-state index in [-0.39, 0.29) is 17.9 Å². The summed E-state index contributed by atoms with van der Waals surface area (Å²) in [7, 11) is 5.86. The van der Waals surface area contributed by atoms with Crippen molar-refractivity contribution in [3.8, 4) is 28.7 Å². The zero-order valence-electron chi connectivity index (χ0n) is 27.0. The van der Waals surface area contributed by atoms with Gasteiger partial charge in [-0.05, 0) is 31.0 Å². The van der Waals surface area contributed by atoms with E-state index >= 15 is 0 Å². The molecule has 2 heterocycles. The molecular weight excluding hydrogens is 612 g/mol. The van der Waals surface area contributed by atoms with Crippen molar-refractivity contribution in [2.45, 2.75) is 74.2 Å². The fourth-order valence-corrected chi connectivity index (χ4v) is 7.38. The molecule has 1 saturated heterocycles.